The Kier molecular flexibility index (Phi) is 4.76. The van der Waals surface area contributed by atoms with Crippen molar-refractivity contribution in [2.24, 2.45) is 7.05 Å². The predicted molar refractivity (Wildman–Crippen MR) is 99.8 cm³/mol. The first-order valence-corrected chi connectivity index (χ1v) is 8.20. The summed E-state index contributed by atoms with van der Waals surface area (Å²) in [5, 5.41) is 3.65. The van der Waals surface area contributed by atoms with Crippen molar-refractivity contribution in [2.75, 3.05) is 11.9 Å². The van der Waals surface area contributed by atoms with Gasteiger partial charge in [0.05, 0.1) is 17.5 Å². The van der Waals surface area contributed by atoms with Crippen molar-refractivity contribution in [3.63, 3.8) is 0 Å². The van der Waals surface area contributed by atoms with Crippen LogP contribution in [0.2, 0.25) is 5.02 Å². The van der Waals surface area contributed by atoms with Gasteiger partial charge in [0.25, 0.3) is 5.91 Å². The lowest BCUT2D eigenvalue weighted by Crippen LogP contribution is -2.23. The summed E-state index contributed by atoms with van der Waals surface area (Å²) in [5.41, 5.74) is 0.980. The lowest BCUT2D eigenvalue weighted by atomic mass is 10.1. The van der Waals surface area contributed by atoms with Gasteiger partial charge in [0.15, 0.2) is 0 Å². The van der Waals surface area contributed by atoms with Crippen molar-refractivity contribution in [1.82, 2.24) is 4.57 Å². The molecule has 0 saturated carbocycles. The van der Waals surface area contributed by atoms with Gasteiger partial charge in [0, 0.05) is 24.0 Å². The van der Waals surface area contributed by atoms with Crippen molar-refractivity contribution in [3.8, 4) is 5.75 Å². The number of halogens is 1. The number of nitrogens with zero attached hydrogens (tertiary/aromatic N) is 1. The number of amides is 1. The first-order chi connectivity index (χ1) is 12.0. The SMILES string of the molecule is CCOc1ccc2c(c1)c(=O)c(C(=O)Nc1cccc(Cl)c1)cn2C. The number of aryl methyl sites for hydroxylation is 1. The third kappa shape index (κ3) is 3.51. The fraction of sp³-hybridized carbons (Fsp3) is 0.158. The summed E-state index contributed by atoms with van der Waals surface area (Å²) in [5.74, 6) is 0.117. The highest BCUT2D eigenvalue weighted by atomic mass is 35.5. The quantitative estimate of drug-likeness (QED) is 0.772. The number of hydrogen-bond acceptors (Lipinski definition) is 3. The molecule has 1 N–H and O–H groups in total. The molecule has 25 heavy (non-hydrogen) atoms. The van der Waals surface area contributed by atoms with Crippen LogP contribution in [0.3, 0.4) is 0 Å². The van der Waals surface area contributed by atoms with Crippen LogP contribution in [0.1, 0.15) is 17.3 Å². The van der Waals surface area contributed by atoms with Crippen LogP contribution in [-0.4, -0.2) is 17.1 Å². The molecule has 2 aromatic carbocycles. The minimum Gasteiger partial charge on any atom is -0.494 e. The average Bonchev–Trinajstić information content (AvgIpc) is 2.58. The van der Waals surface area contributed by atoms with E-state index in [1.807, 2.05) is 6.92 Å². The van der Waals surface area contributed by atoms with Gasteiger partial charge >= 0.3 is 0 Å². The second kappa shape index (κ2) is 6.99. The van der Waals surface area contributed by atoms with Gasteiger partial charge in [0.2, 0.25) is 5.43 Å². The summed E-state index contributed by atoms with van der Waals surface area (Å²) in [6.45, 7) is 2.37. The van der Waals surface area contributed by atoms with E-state index in [4.69, 9.17) is 16.3 Å². The number of carbonyl (C=O) groups excluding carboxylic acids is 1. The molecule has 1 heterocycles. The zero-order valence-corrected chi connectivity index (χ0v) is 14.6. The molecule has 0 unspecified atom stereocenters. The molecule has 0 aliphatic heterocycles. The van der Waals surface area contributed by atoms with E-state index in [0.717, 1.165) is 5.52 Å². The van der Waals surface area contributed by atoms with Crippen LogP contribution in [0.15, 0.2) is 53.5 Å². The Balaban J connectivity index is 2.05. The summed E-state index contributed by atoms with van der Waals surface area (Å²) in [4.78, 5) is 25.3. The number of hydrogen-bond donors (Lipinski definition) is 1. The molecule has 0 fully saturated rings. The first-order valence-electron chi connectivity index (χ1n) is 7.82. The van der Waals surface area contributed by atoms with E-state index in [-0.39, 0.29) is 11.0 Å². The number of pyridine rings is 1. The number of carbonyl (C=O) groups is 1. The van der Waals surface area contributed by atoms with Gasteiger partial charge in [-0.3, -0.25) is 9.59 Å². The summed E-state index contributed by atoms with van der Waals surface area (Å²) in [6.07, 6.45) is 1.53. The van der Waals surface area contributed by atoms with Crippen molar-refractivity contribution in [1.29, 1.82) is 0 Å². The Bertz CT molecular complexity index is 1010. The van der Waals surface area contributed by atoms with Gasteiger partial charge in [0.1, 0.15) is 11.3 Å². The third-order valence-corrected chi connectivity index (χ3v) is 4.03. The molecule has 1 aromatic heterocycles. The summed E-state index contributed by atoms with van der Waals surface area (Å²) < 4.78 is 7.20. The van der Waals surface area contributed by atoms with Crippen LogP contribution in [-0.2, 0) is 7.05 Å². The molecule has 0 atom stereocenters. The van der Waals surface area contributed by atoms with E-state index >= 15 is 0 Å². The molecule has 3 rings (SSSR count). The molecule has 1 amide bonds. The number of fused-ring (bicyclic) bond motifs is 1. The summed E-state index contributed by atoms with van der Waals surface area (Å²) in [6, 6.07) is 12.0. The predicted octanol–water partition coefficient (Wildman–Crippen LogP) is 3.84. The number of aromatic nitrogens is 1. The normalized spacial score (nSPS) is 10.7. The lowest BCUT2D eigenvalue weighted by molar-refractivity contribution is 0.102. The molecular formula is C19H17ClN2O3. The molecule has 128 valence electrons. The molecule has 3 aromatic rings. The number of anilines is 1. The van der Waals surface area contributed by atoms with E-state index < -0.39 is 5.91 Å². The Hall–Kier alpha value is -2.79. The van der Waals surface area contributed by atoms with Crippen molar-refractivity contribution in [2.45, 2.75) is 6.92 Å². The number of ether oxygens (including phenoxy) is 1. The molecule has 0 saturated heterocycles. The Labute approximate surface area is 149 Å². The van der Waals surface area contributed by atoms with Gasteiger partial charge < -0.3 is 14.6 Å². The molecule has 0 aliphatic rings. The molecule has 0 aliphatic carbocycles. The highest BCUT2D eigenvalue weighted by Gasteiger charge is 2.15. The Morgan fingerprint density at radius 1 is 1.24 bits per heavy atom. The summed E-state index contributed by atoms with van der Waals surface area (Å²) >= 11 is 5.92. The molecule has 0 radical (unpaired) electrons. The monoisotopic (exact) mass is 356 g/mol. The molecular weight excluding hydrogens is 340 g/mol. The maximum absolute atomic E-state index is 12.8. The van der Waals surface area contributed by atoms with E-state index in [2.05, 4.69) is 5.32 Å². The van der Waals surface area contributed by atoms with Crippen LogP contribution in [0.25, 0.3) is 10.9 Å². The smallest absolute Gasteiger partial charge is 0.261 e. The van der Waals surface area contributed by atoms with Crippen molar-refractivity contribution >= 4 is 34.1 Å². The molecule has 5 nitrogen and oxygen atoms in total. The average molecular weight is 357 g/mol. The van der Waals surface area contributed by atoms with Gasteiger partial charge in [-0.2, -0.15) is 0 Å². The molecule has 6 heteroatoms. The van der Waals surface area contributed by atoms with Crippen molar-refractivity contribution in [3.05, 3.63) is 69.5 Å². The topological polar surface area (TPSA) is 60.3 Å². The standard InChI is InChI=1S/C19H17ClN2O3/c1-3-25-14-7-8-17-15(10-14)18(23)16(11-22(17)2)19(24)21-13-6-4-5-12(20)9-13/h4-11H,3H2,1-2H3,(H,21,24). The van der Waals surface area contributed by atoms with Crippen molar-refractivity contribution < 1.29 is 9.53 Å². The maximum atomic E-state index is 12.8. The minimum atomic E-state index is -0.480. The van der Waals surface area contributed by atoms with Crippen LogP contribution >= 0.6 is 11.6 Å². The first kappa shape index (κ1) is 17.0. The highest BCUT2D eigenvalue weighted by molar-refractivity contribution is 6.31. The number of nitrogens with one attached hydrogen (secondary N) is 1. The van der Waals surface area contributed by atoms with E-state index in [1.165, 1.54) is 6.20 Å². The van der Waals surface area contributed by atoms with E-state index in [0.29, 0.717) is 28.5 Å². The second-order valence-corrected chi connectivity index (χ2v) is 6.00. The third-order valence-electron chi connectivity index (χ3n) is 3.80. The van der Waals surface area contributed by atoms with Crippen LogP contribution < -0.4 is 15.5 Å². The Morgan fingerprint density at radius 2 is 2.04 bits per heavy atom. The van der Waals surface area contributed by atoms with E-state index in [9.17, 15) is 9.59 Å². The van der Waals surface area contributed by atoms with E-state index in [1.54, 1.807) is 54.1 Å². The van der Waals surface area contributed by atoms with Crippen LogP contribution in [0, 0.1) is 0 Å². The number of benzene rings is 2. The lowest BCUT2D eigenvalue weighted by Gasteiger charge is -2.11. The second-order valence-electron chi connectivity index (χ2n) is 5.56. The minimum absolute atomic E-state index is 0.0589. The molecule has 0 bridgehead atoms. The molecule has 0 spiro atoms. The largest absolute Gasteiger partial charge is 0.494 e. The highest BCUT2D eigenvalue weighted by Crippen LogP contribution is 2.20. The van der Waals surface area contributed by atoms with Gasteiger partial charge in [-0.25, -0.2) is 0 Å². The Morgan fingerprint density at radius 3 is 2.76 bits per heavy atom. The van der Waals surface area contributed by atoms with Crippen LogP contribution in [0.5, 0.6) is 5.75 Å². The fourth-order valence-electron chi connectivity index (χ4n) is 2.65. The van der Waals surface area contributed by atoms with Gasteiger partial charge in [-0.1, -0.05) is 17.7 Å². The van der Waals surface area contributed by atoms with Gasteiger partial charge in [-0.05, 0) is 43.3 Å². The maximum Gasteiger partial charge on any atom is 0.261 e. The van der Waals surface area contributed by atoms with Crippen LogP contribution in [0.4, 0.5) is 5.69 Å². The van der Waals surface area contributed by atoms with Gasteiger partial charge in [-0.15, -0.1) is 0 Å². The number of rotatable bonds is 4. The zero-order valence-electron chi connectivity index (χ0n) is 13.9. The summed E-state index contributed by atoms with van der Waals surface area (Å²) in [7, 11) is 1.79. The zero-order chi connectivity index (χ0) is 18.0. The fourth-order valence-corrected chi connectivity index (χ4v) is 2.84.